The van der Waals surface area contributed by atoms with E-state index in [0.29, 0.717) is 0 Å². The van der Waals surface area contributed by atoms with Gasteiger partial charge >= 0.3 is 5.97 Å². The molecule has 0 atom stereocenters. The Morgan fingerprint density at radius 3 is 2.32 bits per heavy atom. The summed E-state index contributed by atoms with van der Waals surface area (Å²) in [5.74, 6) is -2.02. The van der Waals surface area contributed by atoms with E-state index in [1.165, 1.54) is 19.1 Å². The lowest BCUT2D eigenvalue weighted by atomic mass is 10.2. The zero-order chi connectivity index (χ0) is 14.4. The molecule has 0 aliphatic rings. The molecule has 0 heterocycles. The molecule has 0 bridgehead atoms. The van der Waals surface area contributed by atoms with Crippen LogP contribution in [0.25, 0.3) is 0 Å². The van der Waals surface area contributed by atoms with E-state index in [4.69, 9.17) is 0 Å². The molecule has 0 unspecified atom stereocenters. The highest BCUT2D eigenvalue weighted by atomic mass is 16.7. The third-order valence-corrected chi connectivity index (χ3v) is 1.99. The summed E-state index contributed by atoms with van der Waals surface area (Å²) in [6.07, 6.45) is -0.444. The third-order valence-electron chi connectivity index (χ3n) is 1.99. The van der Waals surface area contributed by atoms with E-state index in [1.807, 2.05) is 5.48 Å². The van der Waals surface area contributed by atoms with Crippen molar-refractivity contribution in [1.82, 2.24) is 5.48 Å². The predicted molar refractivity (Wildman–Crippen MR) is 62.0 cm³/mol. The van der Waals surface area contributed by atoms with Crippen molar-refractivity contribution in [1.29, 1.82) is 0 Å². The van der Waals surface area contributed by atoms with Gasteiger partial charge < -0.3 is 4.84 Å². The van der Waals surface area contributed by atoms with Gasteiger partial charge in [-0.25, -0.2) is 4.79 Å². The van der Waals surface area contributed by atoms with Gasteiger partial charge in [0.15, 0.2) is 0 Å². The lowest BCUT2D eigenvalue weighted by Crippen LogP contribution is -2.27. The molecule has 1 rings (SSSR count). The molecule has 0 radical (unpaired) electrons. The smallest absolute Gasteiger partial charge is 0.339 e. The van der Waals surface area contributed by atoms with Gasteiger partial charge in [-0.05, 0) is 19.1 Å². The molecule has 19 heavy (non-hydrogen) atoms. The molecule has 1 aromatic carbocycles. The summed E-state index contributed by atoms with van der Waals surface area (Å²) >= 11 is 0. The van der Waals surface area contributed by atoms with Crippen LogP contribution in [0.4, 0.5) is 5.69 Å². The van der Waals surface area contributed by atoms with Gasteiger partial charge in [0, 0.05) is 17.7 Å². The molecule has 0 aliphatic heterocycles. The second-order valence-corrected chi connectivity index (χ2v) is 3.59. The van der Waals surface area contributed by atoms with Crippen LogP contribution in [-0.4, -0.2) is 22.6 Å². The Morgan fingerprint density at radius 2 is 1.84 bits per heavy atom. The lowest BCUT2D eigenvalue weighted by molar-refractivity contribution is -0.384. The number of carbonyl (C=O) groups excluding carboxylic acids is 3. The Kier molecular flexibility index (Phi) is 4.69. The topological polar surface area (TPSA) is 116 Å². The highest BCUT2D eigenvalue weighted by molar-refractivity contribution is 5.97. The summed E-state index contributed by atoms with van der Waals surface area (Å²) in [5.41, 5.74) is 1.76. The summed E-state index contributed by atoms with van der Waals surface area (Å²) in [6, 6.07) is 4.72. The number of non-ortho nitro benzene ring substituents is 1. The quantitative estimate of drug-likeness (QED) is 0.488. The fraction of sp³-hybridized carbons (Fsp3) is 0.182. The van der Waals surface area contributed by atoms with Crippen molar-refractivity contribution in [2.75, 3.05) is 0 Å². The van der Waals surface area contributed by atoms with Gasteiger partial charge in [-0.15, -0.1) is 0 Å². The van der Waals surface area contributed by atoms with Crippen LogP contribution in [0.5, 0.6) is 0 Å². The maximum absolute atomic E-state index is 11.5. The molecule has 0 saturated carbocycles. The third kappa shape index (κ3) is 4.54. The number of nitro benzene ring substituents is 1. The average molecular weight is 266 g/mol. The van der Waals surface area contributed by atoms with Crippen LogP contribution in [0.3, 0.4) is 0 Å². The van der Waals surface area contributed by atoms with Gasteiger partial charge in [0.2, 0.25) is 0 Å². The van der Waals surface area contributed by atoms with E-state index < -0.39 is 29.0 Å². The Morgan fingerprint density at radius 1 is 1.26 bits per heavy atom. The summed E-state index contributed by atoms with van der Waals surface area (Å²) in [6.45, 7) is 1.21. The lowest BCUT2D eigenvalue weighted by Gasteiger charge is -2.04. The molecule has 1 amide bonds. The molecule has 8 heteroatoms. The average Bonchev–Trinajstić information content (AvgIpc) is 2.35. The first kappa shape index (κ1) is 14.3. The molecule has 1 aromatic rings. The Labute approximate surface area is 107 Å². The fourth-order valence-corrected chi connectivity index (χ4v) is 1.14. The number of amides is 1. The van der Waals surface area contributed by atoms with Crippen molar-refractivity contribution in [2.24, 2.45) is 0 Å². The zero-order valence-electron chi connectivity index (χ0n) is 9.91. The largest absolute Gasteiger partial charge is 0.340 e. The van der Waals surface area contributed by atoms with Crippen molar-refractivity contribution >= 4 is 23.3 Å². The first-order chi connectivity index (χ1) is 8.90. The monoisotopic (exact) mass is 266 g/mol. The zero-order valence-corrected chi connectivity index (χ0v) is 9.91. The normalized spacial score (nSPS) is 9.53. The summed E-state index contributed by atoms with van der Waals surface area (Å²) in [4.78, 5) is 47.2. The first-order valence-corrected chi connectivity index (χ1v) is 5.14. The van der Waals surface area contributed by atoms with Crippen LogP contribution in [0.2, 0.25) is 0 Å². The number of rotatable bonds is 4. The minimum atomic E-state index is -0.886. The number of hydrogen-bond acceptors (Lipinski definition) is 6. The van der Waals surface area contributed by atoms with E-state index in [2.05, 4.69) is 4.84 Å². The Hall–Kier alpha value is -2.77. The van der Waals surface area contributed by atoms with Gasteiger partial charge in [0.05, 0.1) is 4.92 Å². The summed E-state index contributed by atoms with van der Waals surface area (Å²) in [7, 11) is 0. The maximum Gasteiger partial charge on any atom is 0.339 e. The number of nitrogens with zero attached hydrogens (tertiary/aromatic N) is 1. The Bertz CT molecular complexity index is 522. The maximum atomic E-state index is 11.5. The minimum Gasteiger partial charge on any atom is -0.340 e. The van der Waals surface area contributed by atoms with Crippen LogP contribution in [0.1, 0.15) is 23.7 Å². The number of nitrogens with one attached hydrogen (secondary N) is 1. The molecule has 0 saturated heterocycles. The van der Waals surface area contributed by atoms with Gasteiger partial charge in [0.1, 0.15) is 12.2 Å². The number of nitro groups is 1. The van der Waals surface area contributed by atoms with Crippen molar-refractivity contribution in [2.45, 2.75) is 13.3 Å². The van der Waals surface area contributed by atoms with Gasteiger partial charge in [-0.3, -0.25) is 19.7 Å². The first-order valence-electron chi connectivity index (χ1n) is 5.14. The van der Waals surface area contributed by atoms with Crippen molar-refractivity contribution in [3.05, 3.63) is 39.9 Å². The highest BCUT2D eigenvalue weighted by Gasteiger charge is 2.12. The molecule has 0 fully saturated rings. The highest BCUT2D eigenvalue weighted by Crippen LogP contribution is 2.11. The van der Waals surface area contributed by atoms with E-state index in [1.54, 1.807) is 0 Å². The van der Waals surface area contributed by atoms with Crippen molar-refractivity contribution in [3.8, 4) is 0 Å². The molecular weight excluding hydrogens is 256 g/mol. The molecule has 0 spiro atoms. The SMILES string of the molecule is CC(=O)CC(=O)ONC(=O)c1ccc([N+](=O)[O-])cc1. The number of hydroxylamine groups is 1. The molecular formula is C11H10N2O6. The molecule has 1 N–H and O–H groups in total. The van der Waals surface area contributed by atoms with Crippen molar-refractivity contribution < 1.29 is 24.1 Å². The number of benzene rings is 1. The predicted octanol–water partition coefficient (Wildman–Crippen LogP) is 0.762. The number of ketones is 1. The van der Waals surface area contributed by atoms with Gasteiger partial charge in [-0.2, -0.15) is 5.48 Å². The van der Waals surface area contributed by atoms with Crippen LogP contribution < -0.4 is 5.48 Å². The molecule has 0 aliphatic carbocycles. The summed E-state index contributed by atoms with van der Waals surface area (Å²) < 4.78 is 0. The Balaban J connectivity index is 2.56. The number of Topliss-reactive ketones (excluding diaryl/α,β-unsaturated/α-hetero) is 1. The van der Waals surface area contributed by atoms with E-state index in [9.17, 15) is 24.5 Å². The van der Waals surface area contributed by atoms with Crippen LogP contribution in [0, 0.1) is 10.1 Å². The number of hydrogen-bond donors (Lipinski definition) is 1. The standard InChI is InChI=1S/C11H10N2O6/c1-7(14)6-10(15)19-12-11(16)8-2-4-9(5-3-8)13(17)18/h2-5H,6H2,1H3,(H,12,16). The van der Waals surface area contributed by atoms with E-state index >= 15 is 0 Å². The minimum absolute atomic E-state index is 0.0845. The molecule has 8 nitrogen and oxygen atoms in total. The molecule has 100 valence electrons. The van der Waals surface area contributed by atoms with E-state index in [-0.39, 0.29) is 11.3 Å². The second kappa shape index (κ2) is 6.24. The number of carbonyl (C=O) groups is 3. The van der Waals surface area contributed by atoms with Gasteiger partial charge in [-0.1, -0.05) is 0 Å². The second-order valence-electron chi connectivity index (χ2n) is 3.59. The van der Waals surface area contributed by atoms with Crippen LogP contribution in [-0.2, 0) is 14.4 Å². The van der Waals surface area contributed by atoms with Crippen LogP contribution in [0.15, 0.2) is 24.3 Å². The molecule has 0 aromatic heterocycles. The van der Waals surface area contributed by atoms with E-state index in [0.717, 1.165) is 12.1 Å². The van der Waals surface area contributed by atoms with Crippen molar-refractivity contribution in [3.63, 3.8) is 0 Å². The van der Waals surface area contributed by atoms with Gasteiger partial charge in [0.25, 0.3) is 11.6 Å². The fourth-order valence-electron chi connectivity index (χ4n) is 1.14. The summed E-state index contributed by atoms with van der Waals surface area (Å²) in [5, 5.41) is 10.4. The van der Waals surface area contributed by atoms with Crippen LogP contribution >= 0.6 is 0 Å².